The first kappa shape index (κ1) is 19.6. The normalized spacial score (nSPS) is 13.5. The van der Waals surface area contributed by atoms with Crippen LogP contribution in [0.25, 0.3) is 0 Å². The fraction of sp³-hybridized carbons (Fsp3) is 0.333. The maximum Gasteiger partial charge on any atom is 0.0877 e. The maximum absolute atomic E-state index is 5.11. The molecule has 0 amide bonds. The Morgan fingerprint density at radius 2 is 1.14 bits per heavy atom. The second-order valence-electron chi connectivity index (χ2n) is 10.1. The summed E-state index contributed by atoms with van der Waals surface area (Å²) in [4.78, 5) is 2.41. The molecule has 1 heterocycles. The van der Waals surface area contributed by atoms with Crippen molar-refractivity contribution in [1.82, 2.24) is 5.32 Å². The summed E-state index contributed by atoms with van der Waals surface area (Å²) in [7, 11) is 0. The minimum absolute atomic E-state index is 0.0995. The van der Waals surface area contributed by atoms with Crippen molar-refractivity contribution in [3.8, 4) is 0 Å². The van der Waals surface area contributed by atoms with Crippen molar-refractivity contribution in [2.45, 2.75) is 58.9 Å². The number of hydrogen-bond acceptors (Lipinski definition) is 1. The smallest absolute Gasteiger partial charge is 0.0877 e. The summed E-state index contributed by atoms with van der Waals surface area (Å²) in [5, 5.41) is 5.11. The number of hydrogen-bond donors (Lipinski definition) is 0. The second-order valence-corrected chi connectivity index (χ2v) is 10.1. The third-order valence-corrected chi connectivity index (χ3v) is 5.69. The predicted octanol–water partition coefficient (Wildman–Crippen LogP) is 7.50. The van der Waals surface area contributed by atoms with Crippen molar-refractivity contribution in [3.05, 3.63) is 83.4 Å². The molecular weight excluding hydrogens is 352 g/mol. The van der Waals surface area contributed by atoms with Crippen LogP contribution in [0.2, 0.25) is 0 Å². The van der Waals surface area contributed by atoms with Gasteiger partial charge in [-0.1, -0.05) is 84.0 Å². The summed E-state index contributed by atoms with van der Waals surface area (Å²) in [6.45, 7) is 14.4. The lowest BCUT2D eigenvalue weighted by Gasteiger charge is -2.35. The molecule has 0 N–H and O–H groups in total. The van der Waals surface area contributed by atoms with Crippen LogP contribution >= 0.6 is 0 Å². The van der Waals surface area contributed by atoms with Crippen LogP contribution in [-0.4, -0.2) is 0 Å². The minimum atomic E-state index is 0.0995. The van der Waals surface area contributed by atoms with Gasteiger partial charge in [0.25, 0.3) is 0 Å². The summed E-state index contributed by atoms with van der Waals surface area (Å²) >= 11 is 0. The first-order valence-electron chi connectivity index (χ1n) is 10.5. The molecule has 2 heteroatoms. The fourth-order valence-electron chi connectivity index (χ4n) is 3.81. The first-order valence-corrected chi connectivity index (χ1v) is 10.5. The lowest BCUT2D eigenvalue weighted by molar-refractivity contribution is 0.589. The van der Waals surface area contributed by atoms with Crippen LogP contribution in [0.5, 0.6) is 0 Å². The number of benzene rings is 3. The molecule has 0 aliphatic carbocycles. The number of fused-ring (bicyclic) bond motifs is 2. The van der Waals surface area contributed by atoms with E-state index in [-0.39, 0.29) is 10.8 Å². The van der Waals surface area contributed by atoms with Crippen molar-refractivity contribution < 1.29 is 0 Å². The van der Waals surface area contributed by atoms with Crippen LogP contribution in [0, 0.1) is 0 Å². The average Bonchev–Trinajstić information content (AvgIpc) is 2.66. The summed E-state index contributed by atoms with van der Waals surface area (Å²) in [6.07, 6.45) is 0. The van der Waals surface area contributed by atoms with E-state index in [4.69, 9.17) is 5.32 Å². The number of nitrogens with zero attached hydrogens (tertiary/aromatic N) is 2. The van der Waals surface area contributed by atoms with Gasteiger partial charge in [-0.3, -0.25) is 0 Å². The third kappa shape index (κ3) is 3.89. The Bertz CT molecular complexity index is 957. The Morgan fingerprint density at radius 3 is 1.59 bits per heavy atom. The van der Waals surface area contributed by atoms with Crippen LogP contribution in [0.15, 0.2) is 66.7 Å². The monoisotopic (exact) mass is 383 g/mol. The summed E-state index contributed by atoms with van der Waals surface area (Å²) in [5.74, 6) is 0. The zero-order chi connectivity index (χ0) is 20.8. The van der Waals surface area contributed by atoms with Gasteiger partial charge in [-0.15, -0.1) is 0 Å². The lowest BCUT2D eigenvalue weighted by Crippen LogP contribution is -2.23. The van der Waals surface area contributed by atoms with Crippen LogP contribution in [-0.2, 0) is 17.4 Å². The highest BCUT2D eigenvalue weighted by Gasteiger charge is 2.27. The van der Waals surface area contributed by atoms with Gasteiger partial charge in [0.2, 0.25) is 0 Å². The molecule has 0 fully saturated rings. The molecule has 3 aromatic carbocycles. The molecule has 1 aliphatic rings. The largest absolute Gasteiger partial charge is 0.333 e. The molecule has 4 rings (SSSR count). The van der Waals surface area contributed by atoms with E-state index in [0.29, 0.717) is 0 Å². The highest BCUT2D eigenvalue weighted by molar-refractivity contribution is 5.87. The molecule has 0 aromatic heterocycles. The van der Waals surface area contributed by atoms with Crippen molar-refractivity contribution in [2.75, 3.05) is 4.90 Å². The molecule has 0 bridgehead atoms. The van der Waals surface area contributed by atoms with Crippen LogP contribution < -0.4 is 10.2 Å². The highest BCUT2D eigenvalue weighted by Crippen LogP contribution is 2.47. The molecule has 0 saturated heterocycles. The standard InChI is InChI=1S/C27H31N2/c1-26(2,3)20-12-14-24-22(16-20)28-23-17-21(27(4,5)6)13-15-25(23)29(24)18-19-10-8-7-9-11-19/h7-17H,18H2,1-6H3. The van der Waals surface area contributed by atoms with E-state index in [0.717, 1.165) is 17.9 Å². The van der Waals surface area contributed by atoms with E-state index in [1.165, 1.54) is 28.1 Å². The summed E-state index contributed by atoms with van der Waals surface area (Å²) in [6, 6.07) is 24.2. The zero-order valence-electron chi connectivity index (χ0n) is 18.5. The quantitative estimate of drug-likeness (QED) is 0.448. The van der Waals surface area contributed by atoms with Gasteiger partial charge in [-0.05, 0) is 51.8 Å². The molecule has 29 heavy (non-hydrogen) atoms. The Kier molecular flexibility index (Phi) is 4.69. The van der Waals surface area contributed by atoms with Gasteiger partial charge >= 0.3 is 0 Å². The van der Waals surface area contributed by atoms with E-state index in [1.54, 1.807) is 0 Å². The number of anilines is 2. The molecule has 149 valence electrons. The highest BCUT2D eigenvalue weighted by atomic mass is 15.2. The van der Waals surface area contributed by atoms with Gasteiger partial charge in [0.15, 0.2) is 0 Å². The van der Waals surface area contributed by atoms with Gasteiger partial charge in [0.05, 0.1) is 22.7 Å². The van der Waals surface area contributed by atoms with Gasteiger partial charge in [-0.25, -0.2) is 5.32 Å². The van der Waals surface area contributed by atoms with Crippen molar-refractivity contribution in [1.29, 1.82) is 0 Å². The van der Waals surface area contributed by atoms with Crippen molar-refractivity contribution in [3.63, 3.8) is 0 Å². The molecule has 3 aromatic rings. The Morgan fingerprint density at radius 1 is 0.655 bits per heavy atom. The lowest BCUT2D eigenvalue weighted by atomic mass is 9.85. The molecule has 2 nitrogen and oxygen atoms in total. The van der Waals surface area contributed by atoms with Crippen LogP contribution in [0.1, 0.15) is 58.2 Å². The third-order valence-electron chi connectivity index (χ3n) is 5.69. The van der Waals surface area contributed by atoms with Crippen LogP contribution in [0.3, 0.4) is 0 Å². The summed E-state index contributed by atoms with van der Waals surface area (Å²) < 4.78 is 0. The first-order chi connectivity index (χ1) is 13.6. The zero-order valence-corrected chi connectivity index (χ0v) is 18.5. The van der Waals surface area contributed by atoms with E-state index in [1.807, 2.05) is 0 Å². The minimum Gasteiger partial charge on any atom is -0.333 e. The van der Waals surface area contributed by atoms with E-state index in [9.17, 15) is 0 Å². The fourth-order valence-corrected chi connectivity index (χ4v) is 3.81. The summed E-state index contributed by atoms with van der Waals surface area (Å²) in [5.41, 5.74) is 8.61. The molecule has 0 unspecified atom stereocenters. The van der Waals surface area contributed by atoms with Gasteiger partial charge in [0.1, 0.15) is 0 Å². The van der Waals surface area contributed by atoms with Gasteiger partial charge in [0, 0.05) is 6.54 Å². The van der Waals surface area contributed by atoms with Crippen LogP contribution in [0.4, 0.5) is 22.7 Å². The van der Waals surface area contributed by atoms with Crippen molar-refractivity contribution >= 4 is 22.7 Å². The molecular formula is C27H31N2. The maximum atomic E-state index is 5.11. The topological polar surface area (TPSA) is 17.3 Å². The average molecular weight is 384 g/mol. The molecule has 1 aliphatic heterocycles. The Hall–Kier alpha value is -2.74. The van der Waals surface area contributed by atoms with E-state index < -0.39 is 0 Å². The number of rotatable bonds is 2. The molecule has 0 spiro atoms. The Labute approximate surface area is 175 Å². The van der Waals surface area contributed by atoms with Gasteiger partial charge < -0.3 is 4.90 Å². The molecule has 0 saturated carbocycles. The second kappa shape index (κ2) is 6.95. The van der Waals surface area contributed by atoms with Crippen molar-refractivity contribution in [2.24, 2.45) is 0 Å². The SMILES string of the molecule is CC(C)(C)c1ccc2c(c1)[N]c1cc(C(C)(C)C)ccc1N2Cc1ccccc1. The molecule has 1 radical (unpaired) electrons. The van der Waals surface area contributed by atoms with Gasteiger partial charge in [-0.2, -0.15) is 0 Å². The Balaban J connectivity index is 1.84. The molecule has 0 atom stereocenters. The van der Waals surface area contributed by atoms with E-state index >= 15 is 0 Å². The predicted molar refractivity (Wildman–Crippen MR) is 124 cm³/mol. The van der Waals surface area contributed by atoms with E-state index in [2.05, 4.69) is 113 Å².